The predicted molar refractivity (Wildman–Crippen MR) is 71.5 cm³/mol. The van der Waals surface area contributed by atoms with Gasteiger partial charge in [0.2, 0.25) is 21.8 Å². The van der Waals surface area contributed by atoms with Crippen LogP contribution in [0, 0.1) is 11.6 Å². The highest BCUT2D eigenvalue weighted by atomic mass is 79.9. The predicted octanol–water partition coefficient (Wildman–Crippen LogP) is -0.393. The summed E-state index contributed by atoms with van der Waals surface area (Å²) in [6, 6.07) is 1.16. The maximum atomic E-state index is 13.5. The topological polar surface area (TPSA) is 118 Å². The number of hydrogen-bond donors (Lipinski definition) is 3. The third-order valence-electron chi connectivity index (χ3n) is 2.11. The number of nitrogens with two attached hydrogens (primary N) is 1. The van der Waals surface area contributed by atoms with Crippen molar-refractivity contribution in [3.8, 4) is 0 Å². The lowest BCUT2D eigenvalue weighted by Gasteiger charge is -2.09. The van der Waals surface area contributed by atoms with E-state index in [1.807, 2.05) is 10.0 Å². The molecule has 1 rings (SSSR count). The van der Waals surface area contributed by atoms with Crippen molar-refractivity contribution in [3.05, 3.63) is 28.2 Å². The number of carbonyl (C=O) groups excluding carboxylic acids is 2. The van der Waals surface area contributed by atoms with Gasteiger partial charge in [-0.1, -0.05) is 0 Å². The molecule has 116 valence electrons. The zero-order valence-corrected chi connectivity index (χ0v) is 12.7. The average molecular weight is 386 g/mol. The zero-order valence-electron chi connectivity index (χ0n) is 10.3. The van der Waals surface area contributed by atoms with E-state index >= 15 is 0 Å². The Morgan fingerprint density at radius 3 is 2.38 bits per heavy atom. The van der Waals surface area contributed by atoms with Crippen molar-refractivity contribution in [1.82, 2.24) is 10.0 Å². The van der Waals surface area contributed by atoms with Gasteiger partial charge in [0.05, 0.1) is 13.1 Å². The van der Waals surface area contributed by atoms with Crippen LogP contribution in [0.15, 0.2) is 21.5 Å². The average Bonchev–Trinajstić information content (AvgIpc) is 2.32. The first-order valence-corrected chi connectivity index (χ1v) is 7.60. The molecule has 0 aromatic heterocycles. The first-order chi connectivity index (χ1) is 9.63. The van der Waals surface area contributed by atoms with E-state index < -0.39 is 51.5 Å². The van der Waals surface area contributed by atoms with Crippen molar-refractivity contribution < 1.29 is 26.8 Å². The highest BCUT2D eigenvalue weighted by Gasteiger charge is 2.24. The van der Waals surface area contributed by atoms with E-state index in [0.29, 0.717) is 6.07 Å². The van der Waals surface area contributed by atoms with Gasteiger partial charge in [0, 0.05) is 10.5 Å². The number of carbonyl (C=O) groups is 2. The molecule has 0 saturated carbocycles. The largest absolute Gasteiger partial charge is 0.368 e. The highest BCUT2D eigenvalue weighted by molar-refractivity contribution is 9.10. The third kappa shape index (κ3) is 5.02. The first-order valence-electron chi connectivity index (χ1n) is 5.32. The van der Waals surface area contributed by atoms with E-state index in [4.69, 9.17) is 5.73 Å². The third-order valence-corrected chi connectivity index (χ3v) is 4.48. The van der Waals surface area contributed by atoms with Crippen LogP contribution in [-0.2, 0) is 19.6 Å². The Morgan fingerprint density at radius 2 is 1.86 bits per heavy atom. The fraction of sp³-hybridized carbons (Fsp3) is 0.200. The number of sulfonamides is 1. The molecule has 0 aliphatic rings. The number of amides is 2. The van der Waals surface area contributed by atoms with Crippen LogP contribution >= 0.6 is 15.9 Å². The summed E-state index contributed by atoms with van der Waals surface area (Å²) >= 11 is 2.73. The van der Waals surface area contributed by atoms with Gasteiger partial charge in [-0.05, 0) is 22.0 Å². The standard InChI is InChI=1S/C10H10BrF2N3O4S/c11-6-1-5(12)2-7(13)10(6)21(19,20)16-4-9(18)15-3-8(14)17/h1-2,16H,3-4H2,(H2,14,17)(H,15,18). The van der Waals surface area contributed by atoms with Gasteiger partial charge < -0.3 is 11.1 Å². The summed E-state index contributed by atoms with van der Waals surface area (Å²) in [5.41, 5.74) is 4.78. The molecule has 1 aromatic carbocycles. The number of halogens is 3. The molecule has 21 heavy (non-hydrogen) atoms. The van der Waals surface area contributed by atoms with E-state index in [1.165, 1.54) is 0 Å². The van der Waals surface area contributed by atoms with Crippen LogP contribution < -0.4 is 15.8 Å². The van der Waals surface area contributed by atoms with Crippen molar-refractivity contribution in [2.24, 2.45) is 5.73 Å². The Kier molecular flexibility index (Phi) is 5.75. The van der Waals surface area contributed by atoms with Crippen LogP contribution in [-0.4, -0.2) is 33.3 Å². The SMILES string of the molecule is NC(=O)CNC(=O)CNS(=O)(=O)c1c(F)cc(F)cc1Br. The van der Waals surface area contributed by atoms with Gasteiger partial charge in [0.15, 0.2) is 0 Å². The van der Waals surface area contributed by atoms with Crippen LogP contribution in [0.4, 0.5) is 8.78 Å². The Bertz CT molecular complexity index is 658. The zero-order chi connectivity index (χ0) is 16.2. The molecule has 2 amide bonds. The summed E-state index contributed by atoms with van der Waals surface area (Å²) in [6.45, 7) is -1.20. The minimum absolute atomic E-state index is 0.329. The van der Waals surface area contributed by atoms with Gasteiger partial charge in [-0.3, -0.25) is 9.59 Å². The lowest BCUT2D eigenvalue weighted by atomic mass is 10.3. The van der Waals surface area contributed by atoms with Crippen molar-refractivity contribution in [3.63, 3.8) is 0 Å². The lowest BCUT2D eigenvalue weighted by molar-refractivity contribution is -0.124. The van der Waals surface area contributed by atoms with Gasteiger partial charge in [-0.15, -0.1) is 0 Å². The Morgan fingerprint density at radius 1 is 1.24 bits per heavy atom. The minimum Gasteiger partial charge on any atom is -0.368 e. The smallest absolute Gasteiger partial charge is 0.245 e. The molecule has 0 aliphatic carbocycles. The number of hydrogen-bond acceptors (Lipinski definition) is 4. The maximum Gasteiger partial charge on any atom is 0.245 e. The van der Waals surface area contributed by atoms with Gasteiger partial charge in [-0.2, -0.15) is 0 Å². The van der Waals surface area contributed by atoms with Crippen molar-refractivity contribution in [2.75, 3.05) is 13.1 Å². The van der Waals surface area contributed by atoms with Gasteiger partial charge >= 0.3 is 0 Å². The molecule has 7 nitrogen and oxygen atoms in total. The molecule has 0 unspecified atom stereocenters. The molecule has 0 radical (unpaired) electrons. The molecular weight excluding hydrogens is 376 g/mol. The summed E-state index contributed by atoms with van der Waals surface area (Å²) in [4.78, 5) is 20.8. The Labute approximate surface area is 127 Å². The summed E-state index contributed by atoms with van der Waals surface area (Å²) in [6.07, 6.45) is 0. The van der Waals surface area contributed by atoms with Crippen LogP contribution in [0.5, 0.6) is 0 Å². The number of rotatable bonds is 6. The molecule has 1 aromatic rings. The molecule has 0 saturated heterocycles. The van der Waals surface area contributed by atoms with E-state index in [-0.39, 0.29) is 4.47 Å². The fourth-order valence-corrected chi connectivity index (χ4v) is 3.41. The summed E-state index contributed by atoms with van der Waals surface area (Å²) in [5, 5.41) is 2.04. The summed E-state index contributed by atoms with van der Waals surface area (Å²) in [7, 11) is -4.39. The molecule has 0 heterocycles. The van der Waals surface area contributed by atoms with E-state index in [0.717, 1.165) is 6.07 Å². The van der Waals surface area contributed by atoms with Crippen molar-refractivity contribution in [2.45, 2.75) is 4.90 Å². The molecule has 11 heteroatoms. The number of benzene rings is 1. The maximum absolute atomic E-state index is 13.5. The number of nitrogens with one attached hydrogen (secondary N) is 2. The molecule has 0 fully saturated rings. The van der Waals surface area contributed by atoms with Crippen LogP contribution in [0.2, 0.25) is 0 Å². The summed E-state index contributed by atoms with van der Waals surface area (Å²) in [5.74, 6) is -3.92. The second-order valence-electron chi connectivity index (χ2n) is 3.77. The van der Waals surface area contributed by atoms with Crippen LogP contribution in [0.1, 0.15) is 0 Å². The monoisotopic (exact) mass is 385 g/mol. The van der Waals surface area contributed by atoms with Crippen LogP contribution in [0.3, 0.4) is 0 Å². The molecule has 0 spiro atoms. The normalized spacial score (nSPS) is 11.2. The van der Waals surface area contributed by atoms with E-state index in [2.05, 4.69) is 15.9 Å². The lowest BCUT2D eigenvalue weighted by Crippen LogP contribution is -2.40. The van der Waals surface area contributed by atoms with Gasteiger partial charge in [-0.25, -0.2) is 21.9 Å². The summed E-state index contributed by atoms with van der Waals surface area (Å²) < 4.78 is 51.6. The quantitative estimate of drug-likeness (QED) is 0.617. The Balaban J connectivity index is 2.84. The molecule has 4 N–H and O–H groups in total. The minimum atomic E-state index is -4.39. The van der Waals surface area contributed by atoms with Crippen LogP contribution in [0.25, 0.3) is 0 Å². The van der Waals surface area contributed by atoms with E-state index in [1.54, 1.807) is 0 Å². The van der Waals surface area contributed by atoms with Gasteiger partial charge in [0.25, 0.3) is 0 Å². The van der Waals surface area contributed by atoms with Crippen molar-refractivity contribution >= 4 is 37.8 Å². The van der Waals surface area contributed by atoms with E-state index in [9.17, 15) is 26.8 Å². The number of primary amides is 1. The van der Waals surface area contributed by atoms with Gasteiger partial charge in [0.1, 0.15) is 16.5 Å². The molecular formula is C10H10BrF2N3O4S. The fourth-order valence-electron chi connectivity index (χ4n) is 1.27. The molecule has 0 atom stereocenters. The second kappa shape index (κ2) is 6.91. The molecule has 0 bridgehead atoms. The highest BCUT2D eigenvalue weighted by Crippen LogP contribution is 2.25. The Hall–Kier alpha value is -1.59. The second-order valence-corrected chi connectivity index (χ2v) is 6.32. The van der Waals surface area contributed by atoms with Crippen molar-refractivity contribution in [1.29, 1.82) is 0 Å². The molecule has 0 aliphatic heterocycles. The first kappa shape index (κ1) is 17.5.